The molecule has 0 aliphatic heterocycles. The molecule has 0 amide bonds. The minimum absolute atomic E-state index is 0.201. The number of rotatable bonds is 8. The van der Waals surface area contributed by atoms with Crippen LogP contribution in [0.25, 0.3) is 20.9 Å². The number of thiophene rings is 1. The van der Waals surface area contributed by atoms with Crippen LogP contribution in [0.2, 0.25) is 0 Å². The number of nitrogens with zero attached hydrogens (tertiary/aromatic N) is 1. The second kappa shape index (κ2) is 10.3. The van der Waals surface area contributed by atoms with Crippen molar-refractivity contribution in [2.45, 2.75) is 40.0 Å². The molecule has 1 heterocycles. The Balaban J connectivity index is 1.85. The average Bonchev–Trinajstić information content (AvgIpc) is 3.27. The first-order valence-corrected chi connectivity index (χ1v) is 11.3. The van der Waals surface area contributed by atoms with Gasteiger partial charge in [0.2, 0.25) is 0 Å². The molecule has 0 N–H and O–H groups in total. The minimum Gasteiger partial charge on any atom is -0.492 e. The second-order valence-electron chi connectivity index (χ2n) is 7.38. The molecular weight excluding hydrogens is 406 g/mol. The molecule has 5 heteroatoms. The van der Waals surface area contributed by atoms with Crippen molar-refractivity contribution in [1.82, 2.24) is 0 Å². The molecule has 31 heavy (non-hydrogen) atoms. The number of aryl methyl sites for hydroxylation is 1. The molecule has 4 nitrogen and oxygen atoms in total. The van der Waals surface area contributed by atoms with Crippen LogP contribution in [0.3, 0.4) is 0 Å². The number of carbonyl (C=O) groups is 1. The van der Waals surface area contributed by atoms with E-state index in [0.29, 0.717) is 24.5 Å². The molecule has 0 radical (unpaired) electrons. The van der Waals surface area contributed by atoms with Gasteiger partial charge in [0.05, 0.1) is 24.7 Å². The largest absolute Gasteiger partial charge is 0.492 e. The Hall–Kier alpha value is -3.10. The summed E-state index contributed by atoms with van der Waals surface area (Å²) >= 11 is 1.68. The zero-order chi connectivity index (χ0) is 22.4. The van der Waals surface area contributed by atoms with Crippen molar-refractivity contribution >= 4 is 17.3 Å². The zero-order valence-corrected chi connectivity index (χ0v) is 19.2. The van der Waals surface area contributed by atoms with Crippen molar-refractivity contribution in [2.24, 2.45) is 0 Å². The van der Waals surface area contributed by atoms with Crippen LogP contribution >= 0.6 is 11.3 Å². The number of hydrogen-bond donors (Lipinski definition) is 0. The highest BCUT2D eigenvalue weighted by atomic mass is 32.1. The van der Waals surface area contributed by atoms with Crippen LogP contribution in [-0.4, -0.2) is 19.2 Å². The number of benzene rings is 2. The Morgan fingerprint density at radius 2 is 1.87 bits per heavy atom. The van der Waals surface area contributed by atoms with E-state index < -0.39 is 0 Å². The lowest BCUT2D eigenvalue weighted by Crippen LogP contribution is -2.13. The lowest BCUT2D eigenvalue weighted by molar-refractivity contribution is -0.144. The Morgan fingerprint density at radius 1 is 1.10 bits per heavy atom. The SMILES string of the molecule is CCCOc1ccc(-c2ccc(-c3ccc(C(C)C(=O)OCC)cc3C)s2)cc1C#N. The average molecular weight is 434 g/mol. The molecular formula is C26H27NO3S. The number of hydrogen-bond acceptors (Lipinski definition) is 5. The molecule has 1 aromatic heterocycles. The lowest BCUT2D eigenvalue weighted by Gasteiger charge is -2.13. The summed E-state index contributed by atoms with van der Waals surface area (Å²) in [4.78, 5) is 14.3. The van der Waals surface area contributed by atoms with E-state index >= 15 is 0 Å². The molecule has 0 saturated heterocycles. The van der Waals surface area contributed by atoms with Crippen LogP contribution < -0.4 is 4.74 Å². The van der Waals surface area contributed by atoms with Gasteiger partial charge in [-0.3, -0.25) is 4.79 Å². The van der Waals surface area contributed by atoms with E-state index in [-0.39, 0.29) is 11.9 Å². The molecule has 160 valence electrons. The third-order valence-electron chi connectivity index (χ3n) is 5.11. The second-order valence-corrected chi connectivity index (χ2v) is 8.47. The summed E-state index contributed by atoms with van der Waals surface area (Å²) in [6.45, 7) is 8.77. The molecule has 0 fully saturated rings. The van der Waals surface area contributed by atoms with Crippen molar-refractivity contribution < 1.29 is 14.3 Å². The van der Waals surface area contributed by atoms with Gasteiger partial charge >= 0.3 is 5.97 Å². The van der Waals surface area contributed by atoms with Gasteiger partial charge in [0.25, 0.3) is 0 Å². The molecule has 0 aliphatic rings. The smallest absolute Gasteiger partial charge is 0.313 e. The van der Waals surface area contributed by atoms with Crippen LogP contribution in [0.4, 0.5) is 0 Å². The summed E-state index contributed by atoms with van der Waals surface area (Å²) < 4.78 is 10.8. The summed E-state index contributed by atoms with van der Waals surface area (Å²) in [5.41, 5.74) is 4.76. The van der Waals surface area contributed by atoms with Gasteiger partial charge in [-0.2, -0.15) is 5.26 Å². The predicted octanol–water partition coefficient (Wildman–Crippen LogP) is 6.72. The minimum atomic E-state index is -0.288. The fourth-order valence-electron chi connectivity index (χ4n) is 3.38. The van der Waals surface area contributed by atoms with Crippen molar-refractivity contribution in [3.05, 3.63) is 65.2 Å². The van der Waals surface area contributed by atoms with Gasteiger partial charge in [0.15, 0.2) is 0 Å². The van der Waals surface area contributed by atoms with Gasteiger partial charge in [0.1, 0.15) is 11.8 Å². The quantitative estimate of drug-likeness (QED) is 0.370. The first-order chi connectivity index (χ1) is 15.0. The third kappa shape index (κ3) is 5.15. The third-order valence-corrected chi connectivity index (χ3v) is 6.28. The molecule has 0 aliphatic carbocycles. The van der Waals surface area contributed by atoms with Gasteiger partial charge < -0.3 is 9.47 Å². The molecule has 0 saturated carbocycles. The number of nitriles is 1. The maximum atomic E-state index is 12.1. The highest BCUT2D eigenvalue weighted by Crippen LogP contribution is 2.38. The molecule has 0 spiro atoms. The fraction of sp³-hybridized carbons (Fsp3) is 0.308. The Bertz CT molecular complexity index is 1110. The first kappa shape index (κ1) is 22.6. The first-order valence-electron chi connectivity index (χ1n) is 10.5. The fourth-order valence-corrected chi connectivity index (χ4v) is 4.48. The van der Waals surface area contributed by atoms with E-state index in [0.717, 1.165) is 38.4 Å². The summed E-state index contributed by atoms with van der Waals surface area (Å²) in [5, 5.41) is 9.49. The highest BCUT2D eigenvalue weighted by molar-refractivity contribution is 7.18. The van der Waals surface area contributed by atoms with E-state index in [2.05, 4.69) is 37.3 Å². The van der Waals surface area contributed by atoms with Gasteiger partial charge in [-0.15, -0.1) is 11.3 Å². The summed E-state index contributed by atoms with van der Waals surface area (Å²) in [7, 11) is 0. The van der Waals surface area contributed by atoms with E-state index in [1.165, 1.54) is 0 Å². The number of ether oxygens (including phenoxy) is 2. The predicted molar refractivity (Wildman–Crippen MR) is 125 cm³/mol. The van der Waals surface area contributed by atoms with E-state index in [9.17, 15) is 10.1 Å². The molecule has 2 aromatic carbocycles. The van der Waals surface area contributed by atoms with Crippen LogP contribution in [0.5, 0.6) is 5.75 Å². The van der Waals surface area contributed by atoms with Gasteiger partial charge in [-0.1, -0.05) is 25.1 Å². The molecule has 1 unspecified atom stereocenters. The standard InChI is InChI=1S/C26H27NO3S/c1-5-13-30-23-10-8-20(15-21(23)16-27)24-11-12-25(31-24)22-9-7-19(14-17(22)3)18(4)26(28)29-6-2/h7-12,14-15,18H,5-6,13H2,1-4H3. The number of carbonyl (C=O) groups excluding carboxylic acids is 1. The number of esters is 1. The Kier molecular flexibility index (Phi) is 7.49. The monoisotopic (exact) mass is 433 g/mol. The Labute approximate surface area is 188 Å². The van der Waals surface area contributed by atoms with Crippen molar-refractivity contribution in [1.29, 1.82) is 5.26 Å². The molecule has 1 atom stereocenters. The Morgan fingerprint density at radius 3 is 2.55 bits per heavy atom. The van der Waals surface area contributed by atoms with Gasteiger partial charge in [-0.05, 0) is 79.8 Å². The van der Waals surface area contributed by atoms with Crippen molar-refractivity contribution in [2.75, 3.05) is 13.2 Å². The molecule has 0 bridgehead atoms. The van der Waals surface area contributed by atoms with Crippen molar-refractivity contribution in [3.63, 3.8) is 0 Å². The van der Waals surface area contributed by atoms with Crippen LogP contribution in [0.15, 0.2) is 48.5 Å². The maximum Gasteiger partial charge on any atom is 0.313 e. The van der Waals surface area contributed by atoms with Crippen LogP contribution in [0.1, 0.15) is 49.8 Å². The zero-order valence-electron chi connectivity index (χ0n) is 18.4. The highest BCUT2D eigenvalue weighted by Gasteiger charge is 2.18. The normalized spacial score (nSPS) is 11.6. The molecule has 3 rings (SSSR count). The summed E-state index contributed by atoms with van der Waals surface area (Å²) in [6, 6.07) is 18.3. The van der Waals surface area contributed by atoms with Crippen LogP contribution in [0, 0.1) is 18.3 Å². The van der Waals surface area contributed by atoms with E-state index in [4.69, 9.17) is 9.47 Å². The van der Waals surface area contributed by atoms with E-state index in [1.54, 1.807) is 11.3 Å². The lowest BCUT2D eigenvalue weighted by atomic mass is 9.96. The maximum absolute atomic E-state index is 12.1. The van der Waals surface area contributed by atoms with Crippen LogP contribution in [-0.2, 0) is 9.53 Å². The van der Waals surface area contributed by atoms with Gasteiger partial charge in [-0.25, -0.2) is 0 Å². The van der Waals surface area contributed by atoms with Gasteiger partial charge in [0, 0.05) is 9.75 Å². The summed E-state index contributed by atoms with van der Waals surface area (Å²) in [6.07, 6.45) is 0.900. The van der Waals surface area contributed by atoms with Crippen molar-refractivity contribution in [3.8, 4) is 32.7 Å². The van der Waals surface area contributed by atoms with E-state index in [1.807, 2.05) is 45.0 Å². The summed E-state index contributed by atoms with van der Waals surface area (Å²) in [5.74, 6) is 0.143. The molecule has 3 aromatic rings. The topological polar surface area (TPSA) is 59.3 Å².